The molecule has 2 N–H and O–H groups in total. The van der Waals surface area contributed by atoms with E-state index in [1.807, 2.05) is 6.07 Å². The third kappa shape index (κ3) is 3.46. The van der Waals surface area contributed by atoms with E-state index in [-0.39, 0.29) is 17.5 Å². The van der Waals surface area contributed by atoms with E-state index in [0.717, 1.165) is 18.5 Å². The first-order valence-electron chi connectivity index (χ1n) is 7.14. The van der Waals surface area contributed by atoms with Gasteiger partial charge >= 0.3 is 0 Å². The van der Waals surface area contributed by atoms with Crippen molar-refractivity contribution in [3.63, 3.8) is 0 Å². The van der Waals surface area contributed by atoms with Gasteiger partial charge in [-0.1, -0.05) is 0 Å². The molecule has 1 heterocycles. The summed E-state index contributed by atoms with van der Waals surface area (Å²) in [6.45, 7) is 1.44. The van der Waals surface area contributed by atoms with Gasteiger partial charge in [0.15, 0.2) is 5.69 Å². The van der Waals surface area contributed by atoms with Crippen LogP contribution in [0.4, 0.5) is 11.4 Å². The highest BCUT2D eigenvalue weighted by molar-refractivity contribution is 6.02. The lowest BCUT2D eigenvalue weighted by Gasteiger charge is -2.06. The number of carbonyl (C=O) groups is 2. The summed E-state index contributed by atoms with van der Waals surface area (Å²) in [6, 6.07) is 10.4. The molecule has 0 aliphatic heterocycles. The number of aromatic nitrogens is 2. The van der Waals surface area contributed by atoms with E-state index in [4.69, 9.17) is 0 Å². The third-order valence-electron chi connectivity index (χ3n) is 3.38. The van der Waals surface area contributed by atoms with E-state index < -0.39 is 0 Å². The lowest BCUT2D eigenvalue weighted by Crippen LogP contribution is -2.14. The van der Waals surface area contributed by atoms with E-state index in [0.29, 0.717) is 17.3 Å². The van der Waals surface area contributed by atoms with Crippen molar-refractivity contribution in [1.82, 2.24) is 10.2 Å². The summed E-state index contributed by atoms with van der Waals surface area (Å²) >= 11 is 0. The highest BCUT2D eigenvalue weighted by Crippen LogP contribution is 2.38. The van der Waals surface area contributed by atoms with Crippen molar-refractivity contribution in [2.45, 2.75) is 25.7 Å². The molecule has 0 radical (unpaired) electrons. The molecular weight excluding hydrogens is 280 g/mol. The average Bonchev–Trinajstić information content (AvgIpc) is 3.34. The zero-order chi connectivity index (χ0) is 15.5. The van der Waals surface area contributed by atoms with Crippen LogP contribution in [-0.4, -0.2) is 22.0 Å². The number of nitrogens with one attached hydrogen (secondary N) is 2. The van der Waals surface area contributed by atoms with Gasteiger partial charge in [0, 0.05) is 24.2 Å². The minimum atomic E-state index is -0.304. The van der Waals surface area contributed by atoms with Gasteiger partial charge in [0.1, 0.15) is 0 Å². The smallest absolute Gasteiger partial charge is 0.276 e. The minimum absolute atomic E-state index is 0.136. The Bertz CT molecular complexity index is 691. The Kier molecular flexibility index (Phi) is 3.82. The number of amides is 2. The molecule has 6 heteroatoms. The second kappa shape index (κ2) is 5.93. The monoisotopic (exact) mass is 296 g/mol. The summed E-state index contributed by atoms with van der Waals surface area (Å²) in [4.78, 5) is 23.0. The highest BCUT2D eigenvalue weighted by Gasteiger charge is 2.25. The third-order valence-corrected chi connectivity index (χ3v) is 3.38. The Hall–Kier alpha value is -2.76. The SMILES string of the molecule is CC(=O)Nc1ccc(NC(=O)c2ccc(C3CC3)nn2)cc1. The molecule has 112 valence electrons. The molecule has 22 heavy (non-hydrogen) atoms. The van der Waals surface area contributed by atoms with Crippen LogP contribution in [0.15, 0.2) is 36.4 Å². The molecule has 2 aromatic rings. The van der Waals surface area contributed by atoms with Crippen LogP contribution in [0.25, 0.3) is 0 Å². The Morgan fingerprint density at radius 1 is 0.955 bits per heavy atom. The highest BCUT2D eigenvalue weighted by atomic mass is 16.2. The van der Waals surface area contributed by atoms with E-state index >= 15 is 0 Å². The van der Waals surface area contributed by atoms with Crippen LogP contribution in [0.1, 0.15) is 41.9 Å². The summed E-state index contributed by atoms with van der Waals surface area (Å²) in [5.74, 6) is 0.0795. The molecule has 1 aliphatic carbocycles. The molecule has 1 saturated carbocycles. The maximum Gasteiger partial charge on any atom is 0.276 e. The molecule has 0 unspecified atom stereocenters. The van der Waals surface area contributed by atoms with Crippen molar-refractivity contribution in [2.24, 2.45) is 0 Å². The molecule has 6 nitrogen and oxygen atoms in total. The average molecular weight is 296 g/mol. The topological polar surface area (TPSA) is 84.0 Å². The van der Waals surface area contributed by atoms with Crippen LogP contribution in [0.2, 0.25) is 0 Å². The molecule has 1 aromatic heterocycles. The number of anilines is 2. The van der Waals surface area contributed by atoms with Crippen molar-refractivity contribution >= 4 is 23.2 Å². The van der Waals surface area contributed by atoms with Gasteiger partial charge in [-0.2, -0.15) is 5.10 Å². The lowest BCUT2D eigenvalue weighted by molar-refractivity contribution is -0.114. The zero-order valence-corrected chi connectivity index (χ0v) is 12.2. The number of rotatable bonds is 4. The molecule has 1 aromatic carbocycles. The molecule has 1 fully saturated rings. The maximum atomic E-state index is 12.1. The van der Waals surface area contributed by atoms with Crippen LogP contribution >= 0.6 is 0 Å². The van der Waals surface area contributed by atoms with Crippen molar-refractivity contribution in [1.29, 1.82) is 0 Å². The fraction of sp³-hybridized carbons (Fsp3) is 0.250. The van der Waals surface area contributed by atoms with Crippen molar-refractivity contribution in [2.75, 3.05) is 10.6 Å². The molecule has 0 spiro atoms. The number of nitrogens with zero attached hydrogens (tertiary/aromatic N) is 2. The number of hydrogen-bond acceptors (Lipinski definition) is 4. The number of hydrogen-bond donors (Lipinski definition) is 2. The molecule has 2 amide bonds. The Morgan fingerprint density at radius 3 is 2.09 bits per heavy atom. The molecule has 3 rings (SSSR count). The second-order valence-electron chi connectivity index (χ2n) is 5.33. The van der Waals surface area contributed by atoms with Crippen LogP contribution < -0.4 is 10.6 Å². The van der Waals surface area contributed by atoms with E-state index in [2.05, 4.69) is 20.8 Å². The summed E-state index contributed by atoms with van der Waals surface area (Å²) in [7, 11) is 0. The van der Waals surface area contributed by atoms with Crippen LogP contribution in [0.5, 0.6) is 0 Å². The molecular formula is C16H16N4O2. The Labute approximate surface area is 128 Å². The van der Waals surface area contributed by atoms with Gasteiger partial charge in [-0.3, -0.25) is 9.59 Å². The van der Waals surface area contributed by atoms with E-state index in [1.54, 1.807) is 30.3 Å². The number of benzene rings is 1. The van der Waals surface area contributed by atoms with Gasteiger partial charge < -0.3 is 10.6 Å². The predicted molar refractivity (Wildman–Crippen MR) is 82.7 cm³/mol. The van der Waals surface area contributed by atoms with Gasteiger partial charge in [0.25, 0.3) is 5.91 Å². The molecule has 1 aliphatic rings. The summed E-state index contributed by atoms with van der Waals surface area (Å²) in [5.41, 5.74) is 2.55. The van der Waals surface area contributed by atoms with Crippen molar-refractivity contribution < 1.29 is 9.59 Å². The first-order valence-corrected chi connectivity index (χ1v) is 7.14. The van der Waals surface area contributed by atoms with Crippen LogP contribution in [0, 0.1) is 0 Å². The maximum absolute atomic E-state index is 12.1. The predicted octanol–water partition coefficient (Wildman–Crippen LogP) is 2.56. The first kappa shape index (κ1) is 14.2. The van der Waals surface area contributed by atoms with Gasteiger partial charge in [0.2, 0.25) is 5.91 Å². The van der Waals surface area contributed by atoms with E-state index in [1.165, 1.54) is 6.92 Å². The fourth-order valence-electron chi connectivity index (χ4n) is 2.10. The first-order chi connectivity index (χ1) is 10.6. The summed E-state index contributed by atoms with van der Waals surface area (Å²) in [6.07, 6.45) is 2.31. The van der Waals surface area contributed by atoms with Gasteiger partial charge in [-0.05, 0) is 49.2 Å². The van der Waals surface area contributed by atoms with Crippen LogP contribution in [-0.2, 0) is 4.79 Å². The Morgan fingerprint density at radius 2 is 1.59 bits per heavy atom. The summed E-state index contributed by atoms with van der Waals surface area (Å²) < 4.78 is 0. The second-order valence-corrected chi connectivity index (χ2v) is 5.33. The Balaban J connectivity index is 1.64. The summed E-state index contributed by atoms with van der Waals surface area (Å²) in [5, 5.41) is 13.5. The van der Waals surface area contributed by atoms with Crippen LogP contribution in [0.3, 0.4) is 0 Å². The lowest BCUT2D eigenvalue weighted by atomic mass is 10.2. The van der Waals surface area contributed by atoms with E-state index in [9.17, 15) is 9.59 Å². The largest absolute Gasteiger partial charge is 0.326 e. The van der Waals surface area contributed by atoms with Crippen molar-refractivity contribution in [3.8, 4) is 0 Å². The minimum Gasteiger partial charge on any atom is -0.326 e. The van der Waals surface area contributed by atoms with Gasteiger partial charge in [0.05, 0.1) is 5.69 Å². The van der Waals surface area contributed by atoms with Gasteiger partial charge in [-0.25, -0.2) is 0 Å². The molecule has 0 bridgehead atoms. The normalized spacial score (nSPS) is 13.5. The van der Waals surface area contributed by atoms with Crippen molar-refractivity contribution in [3.05, 3.63) is 47.8 Å². The quantitative estimate of drug-likeness (QED) is 0.908. The number of carbonyl (C=O) groups excluding carboxylic acids is 2. The molecule has 0 saturated heterocycles. The fourth-order valence-corrected chi connectivity index (χ4v) is 2.10. The molecule has 0 atom stereocenters. The van der Waals surface area contributed by atoms with Gasteiger partial charge in [-0.15, -0.1) is 5.10 Å². The standard InChI is InChI=1S/C16H16N4O2/c1-10(21)17-12-4-6-13(7-5-12)18-16(22)15-9-8-14(19-20-15)11-2-3-11/h4-9,11H,2-3H2,1H3,(H,17,21)(H,18,22). The zero-order valence-electron chi connectivity index (χ0n) is 12.2.